The third-order valence-electron chi connectivity index (χ3n) is 3.88. The Hall–Kier alpha value is -2.09. The lowest BCUT2D eigenvalue weighted by atomic mass is 9.90. The molecule has 0 aliphatic rings. The molecule has 0 aliphatic carbocycles. The van der Waals surface area contributed by atoms with E-state index in [1.54, 1.807) is 0 Å². The van der Waals surface area contributed by atoms with Crippen LogP contribution in [0.15, 0.2) is 36.4 Å². The zero-order valence-electron chi connectivity index (χ0n) is 14.4. The first-order chi connectivity index (χ1) is 13.6. The van der Waals surface area contributed by atoms with Crippen molar-refractivity contribution in [2.24, 2.45) is 0 Å². The third-order valence-corrected chi connectivity index (χ3v) is 3.88. The lowest BCUT2D eigenvalue weighted by Gasteiger charge is -2.41. The molecule has 0 heterocycles. The molecule has 0 aromatic heterocycles. The van der Waals surface area contributed by atoms with Crippen LogP contribution in [0.1, 0.15) is 12.0 Å². The zero-order valence-corrected chi connectivity index (χ0v) is 14.4. The van der Waals surface area contributed by atoms with E-state index in [4.69, 9.17) is 0 Å². The molecule has 178 valence electrons. The summed E-state index contributed by atoms with van der Waals surface area (Å²) in [6.07, 6.45) is -9.42. The van der Waals surface area contributed by atoms with Gasteiger partial charge in [-0.05, 0) is 5.56 Å². The normalized spacial score (nSPS) is 15.6. The molecule has 0 spiro atoms. The van der Waals surface area contributed by atoms with Gasteiger partial charge in [-0.1, -0.05) is 42.5 Å². The monoisotopic (exact) mass is 486 g/mol. The molecule has 0 radical (unpaired) electrons. The Morgan fingerprint density at radius 2 is 0.903 bits per heavy atom. The zero-order chi connectivity index (χ0) is 24.7. The van der Waals surface area contributed by atoms with E-state index in [9.17, 15) is 65.9 Å². The minimum atomic E-state index is -8.25. The van der Waals surface area contributed by atoms with Gasteiger partial charge in [0.1, 0.15) is 0 Å². The van der Waals surface area contributed by atoms with Crippen LogP contribution >= 0.6 is 0 Å². The van der Waals surface area contributed by atoms with Gasteiger partial charge in [-0.15, -0.1) is 0 Å². The molecular formula is C16H9F15. The smallest absolute Gasteiger partial charge is 0.199 e. The molecule has 0 saturated heterocycles. The van der Waals surface area contributed by atoms with Crippen LogP contribution in [0.25, 0.3) is 6.08 Å². The summed E-state index contributed by atoms with van der Waals surface area (Å²) in [5, 5.41) is 0. The lowest BCUT2D eigenvalue weighted by molar-refractivity contribution is -0.452. The highest BCUT2D eigenvalue weighted by molar-refractivity contribution is 5.48. The minimum absolute atomic E-state index is 0.0232. The maximum Gasteiger partial charge on any atom is 0.460 e. The number of hydrogen-bond donors (Lipinski definition) is 0. The SMILES string of the molecule is FC(F)(F)C(F)(F)C(F)(F)C(F)(F)C(F)(F)C(F)(F)C(F)(F)CC=Cc1ccccc1. The van der Waals surface area contributed by atoms with E-state index in [2.05, 4.69) is 0 Å². The van der Waals surface area contributed by atoms with Gasteiger partial charge >= 0.3 is 41.7 Å². The van der Waals surface area contributed by atoms with Crippen LogP contribution in [0.2, 0.25) is 0 Å². The van der Waals surface area contributed by atoms with Crippen molar-refractivity contribution in [1.29, 1.82) is 0 Å². The topological polar surface area (TPSA) is 0 Å². The second-order valence-corrected chi connectivity index (χ2v) is 6.09. The van der Waals surface area contributed by atoms with Crippen LogP contribution in [-0.4, -0.2) is 41.7 Å². The van der Waals surface area contributed by atoms with E-state index < -0.39 is 48.1 Å². The Kier molecular flexibility index (Phi) is 6.78. The summed E-state index contributed by atoms with van der Waals surface area (Å²) in [5.74, 6) is -46.2. The van der Waals surface area contributed by atoms with Gasteiger partial charge in [0, 0.05) is 6.42 Å². The summed E-state index contributed by atoms with van der Waals surface area (Å²) in [6, 6.07) is 6.42. The molecule has 0 saturated carbocycles. The van der Waals surface area contributed by atoms with Gasteiger partial charge in [0.15, 0.2) is 0 Å². The molecule has 1 aromatic carbocycles. The van der Waals surface area contributed by atoms with Gasteiger partial charge in [-0.25, -0.2) is 0 Å². The molecule has 1 rings (SSSR count). The molecule has 0 nitrogen and oxygen atoms in total. The number of allylic oxidation sites excluding steroid dienone is 1. The molecule has 0 fully saturated rings. The molecule has 0 atom stereocenters. The van der Waals surface area contributed by atoms with Crippen molar-refractivity contribution in [3.05, 3.63) is 42.0 Å². The molecular weight excluding hydrogens is 477 g/mol. The molecule has 1 aromatic rings. The molecule has 0 amide bonds. The second-order valence-electron chi connectivity index (χ2n) is 6.09. The van der Waals surface area contributed by atoms with Crippen LogP contribution in [0.4, 0.5) is 65.9 Å². The summed E-state index contributed by atoms with van der Waals surface area (Å²) < 4.78 is 195. The molecule has 31 heavy (non-hydrogen) atoms. The number of benzene rings is 1. The van der Waals surface area contributed by atoms with Gasteiger partial charge in [0.05, 0.1) is 0 Å². The summed E-state index contributed by atoms with van der Waals surface area (Å²) in [4.78, 5) is 0. The van der Waals surface area contributed by atoms with Gasteiger partial charge in [0.2, 0.25) is 0 Å². The first-order valence-corrected chi connectivity index (χ1v) is 7.63. The van der Waals surface area contributed by atoms with Gasteiger partial charge in [-0.3, -0.25) is 0 Å². The minimum Gasteiger partial charge on any atom is -0.199 e. The highest BCUT2D eigenvalue weighted by Gasteiger charge is 2.93. The summed E-state index contributed by atoms with van der Waals surface area (Å²) in [7, 11) is 0. The fourth-order valence-electron chi connectivity index (χ4n) is 2.03. The largest absolute Gasteiger partial charge is 0.460 e. The maximum atomic E-state index is 13.6. The van der Waals surface area contributed by atoms with Crippen molar-refractivity contribution in [2.75, 3.05) is 0 Å². The van der Waals surface area contributed by atoms with E-state index in [1.165, 1.54) is 30.3 Å². The Bertz CT molecular complexity index is 774. The Labute approximate surface area is 163 Å². The van der Waals surface area contributed by atoms with E-state index in [-0.39, 0.29) is 11.6 Å². The van der Waals surface area contributed by atoms with E-state index in [1.807, 2.05) is 0 Å². The van der Waals surface area contributed by atoms with E-state index in [0.29, 0.717) is 6.08 Å². The maximum absolute atomic E-state index is 13.6. The lowest BCUT2D eigenvalue weighted by Crippen LogP contribution is -2.72. The van der Waals surface area contributed by atoms with Gasteiger partial charge < -0.3 is 0 Å². The quantitative estimate of drug-likeness (QED) is 0.335. The van der Waals surface area contributed by atoms with Crippen molar-refractivity contribution < 1.29 is 65.9 Å². The van der Waals surface area contributed by atoms with E-state index in [0.717, 1.165) is 0 Å². The van der Waals surface area contributed by atoms with Gasteiger partial charge in [0.25, 0.3) is 0 Å². The fraction of sp³-hybridized carbons (Fsp3) is 0.500. The number of rotatable bonds is 8. The average Bonchev–Trinajstić information content (AvgIpc) is 2.60. The van der Waals surface area contributed by atoms with Crippen LogP contribution in [0.5, 0.6) is 0 Å². The molecule has 15 heteroatoms. The Morgan fingerprint density at radius 3 is 1.32 bits per heavy atom. The van der Waals surface area contributed by atoms with Crippen molar-refractivity contribution in [3.63, 3.8) is 0 Å². The van der Waals surface area contributed by atoms with Crippen LogP contribution in [0, 0.1) is 0 Å². The van der Waals surface area contributed by atoms with E-state index >= 15 is 0 Å². The van der Waals surface area contributed by atoms with Crippen LogP contribution < -0.4 is 0 Å². The predicted octanol–water partition coefficient (Wildman–Crippen LogP) is 7.46. The first-order valence-electron chi connectivity index (χ1n) is 7.63. The number of hydrogen-bond acceptors (Lipinski definition) is 0. The first kappa shape index (κ1) is 26.9. The second kappa shape index (κ2) is 7.80. The average molecular weight is 486 g/mol. The standard InChI is InChI=1S/C16H9F15/c17-10(18,8-4-7-9-5-2-1-3-6-9)11(19,20)12(21,22)13(23,24)14(25,26)15(27,28)16(29,30)31/h1-7H,8H2. The molecule has 0 unspecified atom stereocenters. The summed E-state index contributed by atoms with van der Waals surface area (Å²) in [6.45, 7) is 0. The highest BCUT2D eigenvalue weighted by atomic mass is 19.4. The fourth-order valence-corrected chi connectivity index (χ4v) is 2.03. The van der Waals surface area contributed by atoms with Crippen molar-refractivity contribution >= 4 is 6.08 Å². The summed E-state index contributed by atoms with van der Waals surface area (Å²) in [5.41, 5.74) is 0.0232. The Morgan fingerprint density at radius 1 is 0.516 bits per heavy atom. The van der Waals surface area contributed by atoms with Crippen molar-refractivity contribution in [1.82, 2.24) is 0 Å². The van der Waals surface area contributed by atoms with Crippen LogP contribution in [0.3, 0.4) is 0 Å². The van der Waals surface area contributed by atoms with Crippen LogP contribution in [-0.2, 0) is 0 Å². The Balaban J connectivity index is 3.35. The molecule has 0 N–H and O–H groups in total. The van der Waals surface area contributed by atoms with Crippen molar-refractivity contribution in [2.45, 2.75) is 48.1 Å². The summed E-state index contributed by atoms with van der Waals surface area (Å²) >= 11 is 0. The van der Waals surface area contributed by atoms with Gasteiger partial charge in [-0.2, -0.15) is 65.9 Å². The highest BCUT2D eigenvalue weighted by Crippen LogP contribution is 2.62. The predicted molar refractivity (Wildman–Crippen MR) is 75.8 cm³/mol. The number of alkyl halides is 15. The van der Waals surface area contributed by atoms with Crippen molar-refractivity contribution in [3.8, 4) is 0 Å². The number of halogens is 15. The third kappa shape index (κ3) is 4.19. The molecule has 0 aliphatic heterocycles. The molecule has 0 bridgehead atoms.